The fourth-order valence-electron chi connectivity index (χ4n) is 4.72. The summed E-state index contributed by atoms with van der Waals surface area (Å²) in [4.78, 5) is 83.1. The smallest absolute Gasteiger partial charge is 0.420 e. The molecule has 1 aliphatic heterocycles. The van der Waals surface area contributed by atoms with E-state index in [9.17, 15) is 28.8 Å². The number of nitrogens with zero attached hydrogens (tertiary/aromatic N) is 3. The van der Waals surface area contributed by atoms with E-state index in [-0.39, 0.29) is 49.1 Å². The molecular weight excluding hydrogens is 680 g/mol. The van der Waals surface area contributed by atoms with E-state index in [0.717, 1.165) is 6.92 Å². The van der Waals surface area contributed by atoms with E-state index in [4.69, 9.17) is 35.0 Å². The number of hydrogen-bond acceptors (Lipinski definition) is 12. The fourth-order valence-corrected chi connectivity index (χ4v) is 4.72. The van der Waals surface area contributed by atoms with Crippen molar-refractivity contribution in [3.8, 4) is 5.75 Å². The van der Waals surface area contributed by atoms with Gasteiger partial charge in [-0.2, -0.15) is 0 Å². The van der Waals surface area contributed by atoms with Gasteiger partial charge in [-0.05, 0) is 78.3 Å². The highest BCUT2D eigenvalue weighted by Crippen LogP contribution is 2.29. The Kier molecular flexibility index (Phi) is 13.7. The molecule has 1 saturated heterocycles. The van der Waals surface area contributed by atoms with Gasteiger partial charge in [0.15, 0.2) is 18.4 Å². The minimum atomic E-state index is -1.75. The number of carbonyl (C=O) groups excluding carboxylic acids is 6. The van der Waals surface area contributed by atoms with Gasteiger partial charge in [-0.15, -0.1) is 0 Å². The normalized spacial score (nSPS) is 15.0. The molecule has 1 N–H and O–H groups in total. The number of morpholine rings is 1. The minimum Gasteiger partial charge on any atom is -0.482 e. The van der Waals surface area contributed by atoms with Crippen LogP contribution in [-0.2, 0) is 49.4 Å². The molecule has 16 heteroatoms. The van der Waals surface area contributed by atoms with Crippen molar-refractivity contribution in [3.63, 3.8) is 0 Å². The Morgan fingerprint density at radius 1 is 1.02 bits per heavy atom. The van der Waals surface area contributed by atoms with Gasteiger partial charge in [-0.3, -0.25) is 14.4 Å². The van der Waals surface area contributed by atoms with Gasteiger partial charge in [0.05, 0.1) is 26.3 Å². The Labute approximate surface area is 302 Å². The number of hydrogen-bond donors (Lipinski definition) is 1. The molecule has 0 unspecified atom stereocenters. The van der Waals surface area contributed by atoms with Crippen LogP contribution in [0, 0.1) is 6.57 Å². The van der Waals surface area contributed by atoms with Crippen molar-refractivity contribution in [3.05, 3.63) is 59.4 Å². The number of carbonyl (C=O) groups is 6. The molecule has 4 amide bonds. The van der Waals surface area contributed by atoms with Crippen LogP contribution in [0.2, 0.25) is 0 Å². The molecule has 16 nitrogen and oxygen atoms in total. The van der Waals surface area contributed by atoms with Crippen LogP contribution in [0.25, 0.3) is 4.85 Å². The summed E-state index contributed by atoms with van der Waals surface area (Å²) in [5.41, 5.74) is -1.26. The monoisotopic (exact) mass is 724 g/mol. The Bertz CT molecular complexity index is 1680. The number of imide groups is 1. The van der Waals surface area contributed by atoms with E-state index in [2.05, 4.69) is 10.2 Å². The number of anilines is 2. The molecule has 2 aromatic carbocycles. The highest BCUT2D eigenvalue weighted by atomic mass is 16.6. The number of benzene rings is 2. The molecule has 0 radical (unpaired) electrons. The van der Waals surface area contributed by atoms with Crippen LogP contribution in [0.1, 0.15) is 61.0 Å². The summed E-state index contributed by atoms with van der Waals surface area (Å²) in [6, 6.07) is 10.5. The van der Waals surface area contributed by atoms with E-state index in [0.29, 0.717) is 10.6 Å². The third kappa shape index (κ3) is 12.0. The lowest BCUT2D eigenvalue weighted by atomic mass is 10.1. The van der Waals surface area contributed by atoms with Gasteiger partial charge in [0.25, 0.3) is 11.8 Å². The molecule has 2 atom stereocenters. The lowest BCUT2D eigenvalue weighted by Crippen LogP contribution is -2.56. The molecule has 0 spiro atoms. The Morgan fingerprint density at radius 3 is 2.25 bits per heavy atom. The Balaban J connectivity index is 1.88. The first kappa shape index (κ1) is 40.7. The minimum absolute atomic E-state index is 0.0234. The molecule has 2 aromatic rings. The second-order valence-corrected chi connectivity index (χ2v) is 13.4. The highest BCUT2D eigenvalue weighted by Gasteiger charge is 2.43. The van der Waals surface area contributed by atoms with E-state index < -0.39 is 65.9 Å². The second kappa shape index (κ2) is 17.5. The van der Waals surface area contributed by atoms with Crippen LogP contribution >= 0.6 is 0 Å². The van der Waals surface area contributed by atoms with Crippen LogP contribution in [-0.4, -0.2) is 90.6 Å². The molecule has 1 fully saturated rings. The summed E-state index contributed by atoms with van der Waals surface area (Å²) in [6.45, 7) is 19.6. The molecule has 280 valence electrons. The lowest BCUT2D eigenvalue weighted by molar-refractivity contribution is -0.167. The highest BCUT2D eigenvalue weighted by molar-refractivity contribution is 6.04. The molecular formula is C36H44N4O12. The predicted octanol–water partition coefficient (Wildman–Crippen LogP) is 5.15. The average Bonchev–Trinajstić information content (AvgIpc) is 3.04. The quantitative estimate of drug-likeness (QED) is 0.183. The SMILES string of the molecule is [C-]#[N+]c1ccc(NC(=O)[C@H](OC(C)=O)[C@H]2OCCN(c3cccc(OCC(=O)OCC)c3)C2=O)cc1CN(C(=O)OC(C)(C)C)C(=O)OC(C)(C)C. The van der Waals surface area contributed by atoms with Crippen molar-refractivity contribution >= 4 is 53.0 Å². The first-order chi connectivity index (χ1) is 24.3. The van der Waals surface area contributed by atoms with Crippen molar-refractivity contribution < 1.29 is 57.2 Å². The van der Waals surface area contributed by atoms with Crippen LogP contribution in [0.4, 0.5) is 26.7 Å². The molecule has 0 bridgehead atoms. The van der Waals surface area contributed by atoms with Crippen LogP contribution < -0.4 is 15.0 Å². The molecule has 52 heavy (non-hydrogen) atoms. The van der Waals surface area contributed by atoms with Gasteiger partial charge >= 0.3 is 24.1 Å². The van der Waals surface area contributed by atoms with Gasteiger partial charge in [0, 0.05) is 30.9 Å². The van der Waals surface area contributed by atoms with E-state index in [1.807, 2.05) is 0 Å². The summed E-state index contributed by atoms with van der Waals surface area (Å²) >= 11 is 0. The Morgan fingerprint density at radius 2 is 1.67 bits per heavy atom. The molecule has 3 rings (SSSR count). The zero-order chi connectivity index (χ0) is 38.8. The van der Waals surface area contributed by atoms with Gasteiger partial charge < -0.3 is 38.6 Å². The third-order valence-electron chi connectivity index (χ3n) is 6.76. The zero-order valence-corrected chi connectivity index (χ0v) is 30.5. The maximum atomic E-state index is 13.7. The second-order valence-electron chi connectivity index (χ2n) is 13.4. The van der Waals surface area contributed by atoms with Gasteiger partial charge in [-0.1, -0.05) is 12.1 Å². The topological polar surface area (TPSA) is 181 Å². The van der Waals surface area contributed by atoms with Gasteiger partial charge in [0.2, 0.25) is 6.10 Å². The summed E-state index contributed by atoms with van der Waals surface area (Å²) < 4.78 is 32.2. The van der Waals surface area contributed by atoms with Crippen molar-refractivity contribution in [2.24, 2.45) is 0 Å². The fraction of sp³-hybridized carbons (Fsp3) is 0.472. The number of esters is 2. The van der Waals surface area contributed by atoms with Crippen molar-refractivity contribution in [1.29, 1.82) is 0 Å². The summed E-state index contributed by atoms with van der Waals surface area (Å²) in [5, 5.41) is 2.58. The number of ether oxygens (including phenoxy) is 6. The van der Waals surface area contributed by atoms with Crippen LogP contribution in [0.5, 0.6) is 5.75 Å². The molecule has 0 aromatic heterocycles. The van der Waals surface area contributed by atoms with Crippen LogP contribution in [0.15, 0.2) is 42.5 Å². The van der Waals surface area contributed by atoms with Crippen molar-refractivity contribution in [2.45, 2.75) is 85.3 Å². The number of rotatable bonds is 11. The van der Waals surface area contributed by atoms with E-state index in [1.54, 1.807) is 66.7 Å². The molecule has 1 heterocycles. The maximum Gasteiger partial charge on any atom is 0.420 e. The first-order valence-corrected chi connectivity index (χ1v) is 16.3. The molecule has 1 aliphatic rings. The maximum absolute atomic E-state index is 13.7. The van der Waals surface area contributed by atoms with Crippen molar-refractivity contribution in [2.75, 3.05) is 36.6 Å². The third-order valence-corrected chi connectivity index (χ3v) is 6.76. The summed E-state index contributed by atoms with van der Waals surface area (Å²) in [6.07, 6.45) is -5.34. The molecule has 0 aliphatic carbocycles. The number of amides is 4. The molecule has 0 saturated carbocycles. The Hall–Kier alpha value is -5.69. The van der Waals surface area contributed by atoms with Crippen LogP contribution in [0.3, 0.4) is 0 Å². The predicted molar refractivity (Wildman–Crippen MR) is 186 cm³/mol. The lowest BCUT2D eigenvalue weighted by Gasteiger charge is -2.35. The average molecular weight is 725 g/mol. The largest absolute Gasteiger partial charge is 0.482 e. The van der Waals surface area contributed by atoms with Gasteiger partial charge in [-0.25, -0.2) is 24.1 Å². The van der Waals surface area contributed by atoms with Crippen molar-refractivity contribution in [1.82, 2.24) is 4.90 Å². The number of nitrogens with one attached hydrogen (secondary N) is 1. The van der Waals surface area contributed by atoms with E-state index >= 15 is 0 Å². The summed E-state index contributed by atoms with van der Waals surface area (Å²) in [7, 11) is 0. The first-order valence-electron chi connectivity index (χ1n) is 16.3. The zero-order valence-electron chi connectivity index (χ0n) is 30.5. The standard InChI is InChI=1S/C36H44N4O12/c1-10-47-28(42)21-49-26-13-11-12-25(19-26)39-16-17-48-30(32(39)44)29(50-22(2)41)31(43)38-24-14-15-27(37-9)23(18-24)20-40(33(45)51-35(3,4)5)34(46)52-36(6,7)8/h11-15,18-19,29-30H,10,16-17,20-21H2,1-8H3,(H,38,43)/t29-,30-/m1/s1. The van der Waals surface area contributed by atoms with Gasteiger partial charge in [0.1, 0.15) is 17.0 Å². The summed E-state index contributed by atoms with van der Waals surface area (Å²) in [5.74, 6) is -2.77. The van der Waals surface area contributed by atoms with E-state index in [1.165, 1.54) is 29.2 Å².